The van der Waals surface area contributed by atoms with Gasteiger partial charge >= 0.3 is 0 Å². The lowest BCUT2D eigenvalue weighted by Crippen LogP contribution is -2.29. The van der Waals surface area contributed by atoms with Gasteiger partial charge in [0.1, 0.15) is 11.6 Å². The van der Waals surface area contributed by atoms with Crippen LogP contribution in [0.4, 0.5) is 8.78 Å². The number of hydrogen-bond donors (Lipinski definition) is 1. The zero-order chi connectivity index (χ0) is 12.0. The van der Waals surface area contributed by atoms with E-state index in [1.807, 2.05) is 6.92 Å². The minimum absolute atomic E-state index is 0.0931. The summed E-state index contributed by atoms with van der Waals surface area (Å²) in [5.41, 5.74) is 0.0931. The van der Waals surface area contributed by atoms with Crippen molar-refractivity contribution in [2.24, 2.45) is 0 Å². The summed E-state index contributed by atoms with van der Waals surface area (Å²) < 4.78 is 26.6. The summed E-state index contributed by atoms with van der Waals surface area (Å²) in [6, 6.07) is 4.10. The monoisotopic (exact) mass is 247 g/mol. The minimum atomic E-state index is -0.506. The summed E-state index contributed by atoms with van der Waals surface area (Å²) in [6.07, 6.45) is 1.69. The van der Waals surface area contributed by atoms with Crippen LogP contribution < -0.4 is 5.32 Å². The molecule has 1 aromatic rings. The molecule has 0 aliphatic rings. The van der Waals surface area contributed by atoms with Crippen LogP contribution in [0.15, 0.2) is 18.2 Å². The van der Waals surface area contributed by atoms with Crippen LogP contribution >= 0.6 is 11.6 Å². The molecule has 1 rings (SSSR count). The molecule has 16 heavy (non-hydrogen) atoms. The second-order valence-corrected chi connectivity index (χ2v) is 4.04. The molecule has 4 heteroatoms. The molecular formula is C12H16ClF2N. The van der Waals surface area contributed by atoms with Crippen molar-refractivity contribution >= 4 is 11.6 Å². The first kappa shape index (κ1) is 13.4. The highest BCUT2D eigenvalue weighted by atomic mass is 35.5. The molecule has 0 radical (unpaired) electrons. The fourth-order valence-corrected chi connectivity index (χ4v) is 1.79. The maximum atomic E-state index is 13.3. The van der Waals surface area contributed by atoms with Gasteiger partial charge in [0, 0.05) is 24.0 Å². The van der Waals surface area contributed by atoms with E-state index in [9.17, 15) is 8.78 Å². The lowest BCUT2D eigenvalue weighted by molar-refractivity contribution is 0.462. The van der Waals surface area contributed by atoms with Crippen molar-refractivity contribution in [1.29, 1.82) is 0 Å². The fourth-order valence-electron chi connectivity index (χ4n) is 1.53. The molecule has 0 saturated heterocycles. The molecule has 1 nitrogen and oxygen atoms in total. The molecule has 1 atom stereocenters. The summed E-state index contributed by atoms with van der Waals surface area (Å²) in [6.45, 7) is 2.22. The molecular weight excluding hydrogens is 232 g/mol. The molecule has 0 aliphatic heterocycles. The van der Waals surface area contributed by atoms with E-state index >= 15 is 0 Å². The molecule has 0 saturated carbocycles. The summed E-state index contributed by atoms with van der Waals surface area (Å²) in [7, 11) is 0. The minimum Gasteiger partial charge on any atom is -0.310 e. The normalized spacial score (nSPS) is 12.8. The summed E-state index contributed by atoms with van der Waals surface area (Å²) in [4.78, 5) is 0. The van der Waals surface area contributed by atoms with Crippen molar-refractivity contribution in [1.82, 2.24) is 5.32 Å². The first-order valence-electron chi connectivity index (χ1n) is 5.41. The lowest BCUT2D eigenvalue weighted by atomic mass is 10.1. The van der Waals surface area contributed by atoms with Crippen molar-refractivity contribution in [3.8, 4) is 0 Å². The summed E-state index contributed by atoms with van der Waals surface area (Å²) >= 11 is 5.63. The Labute approximate surface area is 99.8 Å². The Kier molecular flexibility index (Phi) is 5.71. The Morgan fingerprint density at radius 1 is 1.31 bits per heavy atom. The van der Waals surface area contributed by atoms with Crippen LogP contribution in [0.3, 0.4) is 0 Å². The highest BCUT2D eigenvalue weighted by Crippen LogP contribution is 2.12. The largest absolute Gasteiger partial charge is 0.310 e. The van der Waals surface area contributed by atoms with Crippen molar-refractivity contribution < 1.29 is 8.78 Å². The third-order valence-corrected chi connectivity index (χ3v) is 2.80. The molecule has 0 heterocycles. The second kappa shape index (κ2) is 6.81. The molecule has 0 aliphatic carbocycles. The van der Waals surface area contributed by atoms with Crippen LogP contribution in [0.1, 0.15) is 25.3 Å². The Morgan fingerprint density at radius 3 is 2.44 bits per heavy atom. The average molecular weight is 248 g/mol. The maximum absolute atomic E-state index is 13.3. The van der Waals surface area contributed by atoms with Crippen LogP contribution in [0.2, 0.25) is 0 Å². The van der Waals surface area contributed by atoms with E-state index in [4.69, 9.17) is 11.6 Å². The van der Waals surface area contributed by atoms with E-state index < -0.39 is 11.6 Å². The van der Waals surface area contributed by atoms with Crippen LogP contribution in [0, 0.1) is 11.6 Å². The Bertz CT molecular complexity index is 311. The number of hydrogen-bond acceptors (Lipinski definition) is 1. The predicted octanol–water partition coefficient (Wildman–Crippen LogP) is 3.46. The predicted molar refractivity (Wildman–Crippen MR) is 62.6 cm³/mol. The second-order valence-electron chi connectivity index (χ2n) is 3.66. The summed E-state index contributed by atoms with van der Waals surface area (Å²) in [5.74, 6) is -0.466. The van der Waals surface area contributed by atoms with Gasteiger partial charge in [-0.3, -0.25) is 0 Å². The molecule has 0 bridgehead atoms. The third-order valence-electron chi connectivity index (χ3n) is 2.58. The maximum Gasteiger partial charge on any atom is 0.130 e. The van der Waals surface area contributed by atoms with E-state index in [1.54, 1.807) is 0 Å². The van der Waals surface area contributed by atoms with Crippen LogP contribution in [0.5, 0.6) is 0 Å². The van der Waals surface area contributed by atoms with Crippen LogP contribution in [0.25, 0.3) is 0 Å². The molecule has 1 aromatic carbocycles. The number of alkyl halides is 1. The standard InChI is InChI=1S/C12H16ClF2N/c1-2-9(6-7-13)16-8-10-11(14)4-3-5-12(10)15/h3-5,9,16H,2,6-8H2,1H3. The Balaban J connectivity index is 2.59. The number of benzene rings is 1. The van der Waals surface area contributed by atoms with Gasteiger partial charge < -0.3 is 5.32 Å². The zero-order valence-electron chi connectivity index (χ0n) is 9.27. The number of rotatable bonds is 6. The van der Waals surface area contributed by atoms with Crippen LogP contribution in [-0.2, 0) is 6.54 Å². The van der Waals surface area contributed by atoms with E-state index in [0.29, 0.717) is 5.88 Å². The van der Waals surface area contributed by atoms with Crippen molar-refractivity contribution in [2.75, 3.05) is 5.88 Å². The van der Waals surface area contributed by atoms with Crippen molar-refractivity contribution in [3.63, 3.8) is 0 Å². The summed E-state index contributed by atoms with van der Waals surface area (Å²) in [5, 5.41) is 3.10. The first-order chi connectivity index (χ1) is 7.69. The Hall–Kier alpha value is -0.670. The van der Waals surface area contributed by atoms with E-state index in [2.05, 4.69) is 5.32 Å². The number of nitrogens with one attached hydrogen (secondary N) is 1. The van der Waals surface area contributed by atoms with Gasteiger partial charge in [-0.05, 0) is 25.0 Å². The molecule has 0 fully saturated rings. The van der Waals surface area contributed by atoms with Gasteiger partial charge in [-0.2, -0.15) is 0 Å². The number of halogens is 3. The topological polar surface area (TPSA) is 12.0 Å². The molecule has 1 unspecified atom stereocenters. The van der Waals surface area contributed by atoms with Gasteiger partial charge in [0.2, 0.25) is 0 Å². The first-order valence-corrected chi connectivity index (χ1v) is 5.94. The molecule has 0 amide bonds. The smallest absolute Gasteiger partial charge is 0.130 e. The van der Waals surface area contributed by atoms with E-state index in [0.717, 1.165) is 12.8 Å². The molecule has 90 valence electrons. The van der Waals surface area contributed by atoms with Crippen molar-refractivity contribution in [3.05, 3.63) is 35.4 Å². The van der Waals surface area contributed by atoms with E-state index in [1.165, 1.54) is 18.2 Å². The van der Waals surface area contributed by atoms with Gasteiger partial charge in [0.25, 0.3) is 0 Å². The fraction of sp³-hybridized carbons (Fsp3) is 0.500. The van der Waals surface area contributed by atoms with Gasteiger partial charge in [-0.15, -0.1) is 11.6 Å². The SMILES string of the molecule is CCC(CCCl)NCc1c(F)cccc1F. The van der Waals surface area contributed by atoms with Gasteiger partial charge in [0.15, 0.2) is 0 Å². The molecule has 0 aromatic heterocycles. The lowest BCUT2D eigenvalue weighted by Gasteiger charge is -2.16. The van der Waals surface area contributed by atoms with Crippen molar-refractivity contribution in [2.45, 2.75) is 32.4 Å². The Morgan fingerprint density at radius 2 is 1.94 bits per heavy atom. The quantitative estimate of drug-likeness (QED) is 0.759. The van der Waals surface area contributed by atoms with Gasteiger partial charge in [0.05, 0.1) is 0 Å². The molecule has 1 N–H and O–H groups in total. The highest BCUT2D eigenvalue weighted by molar-refractivity contribution is 6.17. The van der Waals surface area contributed by atoms with Crippen LogP contribution in [-0.4, -0.2) is 11.9 Å². The third kappa shape index (κ3) is 3.72. The van der Waals surface area contributed by atoms with Gasteiger partial charge in [-0.25, -0.2) is 8.78 Å². The zero-order valence-corrected chi connectivity index (χ0v) is 10.0. The average Bonchev–Trinajstić information content (AvgIpc) is 2.27. The van der Waals surface area contributed by atoms with E-state index in [-0.39, 0.29) is 18.2 Å². The highest BCUT2D eigenvalue weighted by Gasteiger charge is 2.10. The van der Waals surface area contributed by atoms with Gasteiger partial charge in [-0.1, -0.05) is 13.0 Å². The molecule has 0 spiro atoms.